The first-order chi connectivity index (χ1) is 14.5. The molecule has 0 saturated carbocycles. The minimum Gasteiger partial charge on any atom is -0.352 e. The Balaban J connectivity index is 1.71. The number of fused-ring (bicyclic) bond motifs is 1. The van der Waals surface area contributed by atoms with Gasteiger partial charge < -0.3 is 15.5 Å². The van der Waals surface area contributed by atoms with Crippen molar-refractivity contribution in [2.24, 2.45) is 5.11 Å². The third kappa shape index (κ3) is 5.75. The summed E-state index contributed by atoms with van der Waals surface area (Å²) in [5.74, 6) is 0.569. The van der Waals surface area contributed by atoms with Crippen molar-refractivity contribution < 1.29 is 4.79 Å². The van der Waals surface area contributed by atoms with Crippen LogP contribution in [0.5, 0.6) is 0 Å². The third-order valence-electron chi connectivity index (χ3n) is 4.80. The second-order valence-electron chi connectivity index (χ2n) is 7.43. The highest BCUT2D eigenvalue weighted by atomic mass is 35.5. The van der Waals surface area contributed by atoms with E-state index in [1.54, 1.807) is 17.0 Å². The summed E-state index contributed by atoms with van der Waals surface area (Å²) in [5, 5.41) is 10.5. The van der Waals surface area contributed by atoms with E-state index in [4.69, 9.17) is 17.1 Å². The molecule has 30 heavy (non-hydrogen) atoms. The van der Waals surface area contributed by atoms with Gasteiger partial charge in [0.15, 0.2) is 0 Å². The molecule has 2 aromatic rings. The number of nitrogens with one attached hydrogen (secondary N) is 2. The Bertz CT molecular complexity index is 927. The first kappa shape index (κ1) is 21.7. The number of urea groups is 1. The van der Waals surface area contributed by atoms with Crippen LogP contribution in [0.15, 0.2) is 35.6 Å². The molecular formula is C20H25ClN8O. The van der Waals surface area contributed by atoms with E-state index in [2.05, 4.69) is 30.6 Å². The van der Waals surface area contributed by atoms with Gasteiger partial charge in [-0.1, -0.05) is 28.8 Å². The number of rotatable bonds is 7. The number of amides is 2. The lowest BCUT2D eigenvalue weighted by atomic mass is 10.0. The molecule has 1 aromatic heterocycles. The van der Waals surface area contributed by atoms with E-state index in [0.717, 1.165) is 16.8 Å². The molecule has 1 unspecified atom stereocenters. The van der Waals surface area contributed by atoms with Crippen molar-refractivity contribution in [1.29, 1.82) is 0 Å². The van der Waals surface area contributed by atoms with Crippen molar-refractivity contribution in [3.63, 3.8) is 0 Å². The zero-order chi connectivity index (χ0) is 21.5. The first-order valence-electron chi connectivity index (χ1n) is 9.89. The van der Waals surface area contributed by atoms with Crippen LogP contribution in [-0.4, -0.2) is 40.0 Å². The highest BCUT2D eigenvalue weighted by Crippen LogP contribution is 2.22. The molecular weight excluding hydrogens is 404 g/mol. The summed E-state index contributed by atoms with van der Waals surface area (Å²) in [6.07, 6.45) is 3.03. The molecule has 0 spiro atoms. The van der Waals surface area contributed by atoms with Crippen molar-refractivity contribution in [3.8, 4) is 0 Å². The first-order valence-corrected chi connectivity index (χ1v) is 10.3. The van der Waals surface area contributed by atoms with Crippen LogP contribution in [0, 0.1) is 0 Å². The summed E-state index contributed by atoms with van der Waals surface area (Å²) in [6.45, 7) is 5.33. The van der Waals surface area contributed by atoms with E-state index in [-0.39, 0.29) is 24.7 Å². The number of nitrogens with zero attached hydrogens (tertiary/aromatic N) is 6. The Morgan fingerprint density at radius 1 is 1.37 bits per heavy atom. The second kappa shape index (κ2) is 10.1. The van der Waals surface area contributed by atoms with Gasteiger partial charge >= 0.3 is 6.03 Å². The predicted octanol–water partition coefficient (Wildman–Crippen LogP) is 4.46. The van der Waals surface area contributed by atoms with Gasteiger partial charge in [-0.3, -0.25) is 0 Å². The number of anilines is 1. The Hall–Kier alpha value is -3.03. The Morgan fingerprint density at radius 2 is 2.13 bits per heavy atom. The topological polar surface area (TPSA) is 119 Å². The van der Waals surface area contributed by atoms with E-state index < -0.39 is 0 Å². The van der Waals surface area contributed by atoms with Crippen LogP contribution in [0.2, 0.25) is 5.02 Å². The maximum atomic E-state index is 13.0. The van der Waals surface area contributed by atoms with Crippen molar-refractivity contribution in [2.75, 3.05) is 18.4 Å². The molecule has 9 nitrogen and oxygen atoms in total. The van der Waals surface area contributed by atoms with Crippen molar-refractivity contribution >= 4 is 23.6 Å². The summed E-state index contributed by atoms with van der Waals surface area (Å²) < 4.78 is 0. The summed E-state index contributed by atoms with van der Waals surface area (Å²) >= 11 is 5.98. The largest absolute Gasteiger partial charge is 0.352 e. The molecule has 0 fully saturated rings. The van der Waals surface area contributed by atoms with Crippen molar-refractivity contribution in [3.05, 3.63) is 62.7 Å². The molecule has 1 aliphatic heterocycles. The van der Waals surface area contributed by atoms with Gasteiger partial charge in [0.05, 0.1) is 18.3 Å². The van der Waals surface area contributed by atoms with Gasteiger partial charge in [-0.05, 0) is 55.5 Å². The van der Waals surface area contributed by atoms with Gasteiger partial charge in [-0.25, -0.2) is 14.8 Å². The summed E-state index contributed by atoms with van der Waals surface area (Å²) in [5.41, 5.74) is 11.4. The lowest BCUT2D eigenvalue weighted by Gasteiger charge is -2.30. The summed E-state index contributed by atoms with van der Waals surface area (Å²) in [7, 11) is 0. The van der Waals surface area contributed by atoms with Gasteiger partial charge in [0, 0.05) is 35.3 Å². The molecule has 2 N–H and O–H groups in total. The normalized spacial score (nSPS) is 13.9. The molecule has 1 aromatic carbocycles. The Kier molecular flexibility index (Phi) is 7.32. The molecule has 2 heterocycles. The minimum absolute atomic E-state index is 0.182. The number of hydrogen-bond donors (Lipinski definition) is 2. The maximum absolute atomic E-state index is 13.0. The van der Waals surface area contributed by atoms with E-state index in [1.165, 1.54) is 0 Å². The van der Waals surface area contributed by atoms with Crippen LogP contribution in [0.4, 0.5) is 10.7 Å². The molecule has 0 aliphatic carbocycles. The van der Waals surface area contributed by atoms with Crippen LogP contribution in [-0.2, 0) is 13.0 Å². The van der Waals surface area contributed by atoms with Crippen LogP contribution in [0.3, 0.4) is 0 Å². The number of carbonyl (C=O) groups excluding carboxylic acids is 1. The molecule has 0 radical (unpaired) electrons. The lowest BCUT2D eigenvalue weighted by Crippen LogP contribution is -2.44. The number of aromatic nitrogens is 2. The zero-order valence-corrected chi connectivity index (χ0v) is 17.8. The second-order valence-corrected chi connectivity index (χ2v) is 7.87. The zero-order valence-electron chi connectivity index (χ0n) is 17.0. The predicted molar refractivity (Wildman–Crippen MR) is 116 cm³/mol. The summed E-state index contributed by atoms with van der Waals surface area (Å²) in [6, 6.07) is 7.05. The number of carbonyl (C=O) groups is 1. The van der Waals surface area contributed by atoms with Crippen molar-refractivity contribution in [2.45, 2.75) is 45.3 Å². The van der Waals surface area contributed by atoms with E-state index >= 15 is 0 Å². The fourth-order valence-electron chi connectivity index (χ4n) is 3.29. The summed E-state index contributed by atoms with van der Waals surface area (Å²) in [4.78, 5) is 26.4. The van der Waals surface area contributed by atoms with Gasteiger partial charge in [-0.2, -0.15) is 0 Å². The minimum atomic E-state index is -0.287. The maximum Gasteiger partial charge on any atom is 0.318 e. The SMILES string of the molecule is CC(C)Nc1ncc2c(n1)CN(C(=O)NC(CCN=[N+]=[N-])c1ccc(Cl)cc1)CC2. The van der Waals surface area contributed by atoms with Gasteiger partial charge in [0.25, 0.3) is 0 Å². The molecule has 0 saturated heterocycles. The highest BCUT2D eigenvalue weighted by Gasteiger charge is 2.25. The van der Waals surface area contributed by atoms with Crippen LogP contribution in [0.1, 0.15) is 43.1 Å². The average molecular weight is 429 g/mol. The molecule has 0 bridgehead atoms. The molecule has 1 atom stereocenters. The van der Waals surface area contributed by atoms with Gasteiger partial charge in [0.2, 0.25) is 5.95 Å². The molecule has 158 valence electrons. The monoisotopic (exact) mass is 428 g/mol. The Morgan fingerprint density at radius 3 is 2.83 bits per heavy atom. The fourth-order valence-corrected chi connectivity index (χ4v) is 3.42. The van der Waals surface area contributed by atoms with Gasteiger partial charge in [-0.15, -0.1) is 0 Å². The van der Waals surface area contributed by atoms with E-state index in [0.29, 0.717) is 36.9 Å². The molecule has 2 amide bonds. The van der Waals surface area contributed by atoms with E-state index in [9.17, 15) is 4.79 Å². The average Bonchev–Trinajstić information content (AvgIpc) is 2.72. The standard InChI is InChI=1S/C20H25ClN8O/c1-13(2)25-19-23-11-15-8-10-29(12-18(15)26-19)20(30)27-17(7-9-24-28-22)14-3-5-16(21)6-4-14/h3-6,11,13,17H,7-10,12H2,1-2H3,(H,27,30)(H,23,25,26). The van der Waals surface area contributed by atoms with E-state index in [1.807, 2.05) is 32.2 Å². The lowest BCUT2D eigenvalue weighted by molar-refractivity contribution is 0.186. The smallest absolute Gasteiger partial charge is 0.318 e. The third-order valence-corrected chi connectivity index (χ3v) is 5.05. The highest BCUT2D eigenvalue weighted by molar-refractivity contribution is 6.30. The quantitative estimate of drug-likeness (QED) is 0.384. The van der Waals surface area contributed by atoms with Crippen LogP contribution < -0.4 is 10.6 Å². The number of azide groups is 1. The van der Waals surface area contributed by atoms with Crippen molar-refractivity contribution in [1.82, 2.24) is 20.2 Å². The fraction of sp³-hybridized carbons (Fsp3) is 0.450. The molecule has 1 aliphatic rings. The number of hydrogen-bond acceptors (Lipinski definition) is 5. The molecule has 10 heteroatoms. The van der Waals surface area contributed by atoms with Gasteiger partial charge in [0.1, 0.15) is 0 Å². The van der Waals surface area contributed by atoms with Crippen LogP contribution in [0.25, 0.3) is 10.4 Å². The molecule has 3 rings (SSSR count). The number of halogens is 1. The Labute approximate surface area is 180 Å². The van der Waals surface area contributed by atoms with Crippen LogP contribution >= 0.6 is 11.6 Å². The number of benzene rings is 1.